The van der Waals surface area contributed by atoms with Crippen molar-refractivity contribution in [2.75, 3.05) is 13.2 Å². The van der Waals surface area contributed by atoms with Gasteiger partial charge in [-0.3, -0.25) is 9.79 Å². The molecule has 5 heteroatoms. The highest BCUT2D eigenvalue weighted by molar-refractivity contribution is 6.12. The van der Waals surface area contributed by atoms with Gasteiger partial charge in [-0.05, 0) is 31.2 Å². The van der Waals surface area contributed by atoms with Crippen LogP contribution in [0.2, 0.25) is 0 Å². The molecular weight excluding hydrogens is 390 g/mol. The van der Waals surface area contributed by atoms with Gasteiger partial charge >= 0.3 is 5.97 Å². The summed E-state index contributed by atoms with van der Waals surface area (Å²) >= 11 is 0. The fourth-order valence-corrected chi connectivity index (χ4v) is 4.60. The lowest BCUT2D eigenvalue weighted by Crippen LogP contribution is -2.44. The highest BCUT2D eigenvalue weighted by atomic mass is 16.5. The van der Waals surface area contributed by atoms with Crippen molar-refractivity contribution in [3.63, 3.8) is 0 Å². The quantitative estimate of drug-likeness (QED) is 0.318. The van der Waals surface area contributed by atoms with Gasteiger partial charge in [-0.2, -0.15) is 0 Å². The van der Waals surface area contributed by atoms with Crippen LogP contribution in [0, 0.1) is 11.3 Å². The molecule has 3 rings (SSSR count). The van der Waals surface area contributed by atoms with Crippen LogP contribution in [-0.2, 0) is 14.3 Å². The van der Waals surface area contributed by atoms with Crippen molar-refractivity contribution in [1.82, 2.24) is 0 Å². The number of unbranched alkanes of at least 4 members (excludes halogenated alkanes) is 1. The van der Waals surface area contributed by atoms with Crippen molar-refractivity contribution in [3.05, 3.63) is 53.8 Å². The van der Waals surface area contributed by atoms with Crippen molar-refractivity contribution >= 4 is 17.5 Å². The summed E-state index contributed by atoms with van der Waals surface area (Å²) in [6, 6.07) is 7.71. The van der Waals surface area contributed by atoms with E-state index < -0.39 is 17.8 Å². The number of nitrogens with zero attached hydrogens (tertiary/aromatic N) is 1. The number of rotatable bonds is 8. The number of benzene rings is 1. The summed E-state index contributed by atoms with van der Waals surface area (Å²) in [5.41, 5.74) is 2.60. The van der Waals surface area contributed by atoms with Crippen molar-refractivity contribution in [1.29, 1.82) is 0 Å². The number of aliphatic imine (C=N–C) groups is 1. The predicted molar refractivity (Wildman–Crippen MR) is 122 cm³/mol. The number of Topliss-reactive ketones (excluding diaryl/α,β-unsaturated/α-hetero) is 1. The highest BCUT2D eigenvalue weighted by Gasteiger charge is 2.48. The van der Waals surface area contributed by atoms with E-state index in [1.165, 1.54) is 6.08 Å². The van der Waals surface area contributed by atoms with Gasteiger partial charge in [0.15, 0.2) is 0 Å². The average Bonchev–Trinajstić information content (AvgIpc) is 2.70. The molecule has 0 spiro atoms. The van der Waals surface area contributed by atoms with Crippen LogP contribution in [0.3, 0.4) is 0 Å². The molecule has 1 aromatic carbocycles. The molecule has 2 aliphatic rings. The monoisotopic (exact) mass is 423 g/mol. The molecule has 31 heavy (non-hydrogen) atoms. The Bertz CT molecular complexity index is 925. The molecule has 0 amide bonds. The summed E-state index contributed by atoms with van der Waals surface area (Å²) in [5, 5.41) is 0. The molecule has 1 fully saturated rings. The summed E-state index contributed by atoms with van der Waals surface area (Å²) in [6.07, 6.45) is 4.68. The SMILES string of the molecule is C=CCOC(=O)C1=C(C)N=C2CC(C)(C)CC(=O)C2[C@H]1c1ccccc1OCCCC. The van der Waals surface area contributed by atoms with E-state index in [-0.39, 0.29) is 17.8 Å². The number of ketones is 1. The molecular formula is C26H33NO4. The lowest BCUT2D eigenvalue weighted by atomic mass is 9.63. The number of hydrogen-bond acceptors (Lipinski definition) is 5. The highest BCUT2D eigenvalue weighted by Crippen LogP contribution is 2.48. The number of ether oxygens (including phenoxy) is 2. The fourth-order valence-electron chi connectivity index (χ4n) is 4.60. The second-order valence-electron chi connectivity index (χ2n) is 9.17. The van der Waals surface area contributed by atoms with Gasteiger partial charge < -0.3 is 9.47 Å². The number of fused-ring (bicyclic) bond motifs is 1. The van der Waals surface area contributed by atoms with Gasteiger partial charge in [-0.15, -0.1) is 0 Å². The zero-order chi connectivity index (χ0) is 22.6. The molecule has 166 valence electrons. The van der Waals surface area contributed by atoms with E-state index in [2.05, 4.69) is 27.4 Å². The van der Waals surface area contributed by atoms with Gasteiger partial charge in [0.05, 0.1) is 18.1 Å². The van der Waals surface area contributed by atoms with E-state index in [1.54, 1.807) is 0 Å². The molecule has 1 unspecified atom stereocenters. The Balaban J connectivity index is 2.12. The van der Waals surface area contributed by atoms with E-state index in [4.69, 9.17) is 14.5 Å². The number of hydrogen-bond donors (Lipinski definition) is 0. The molecule has 1 heterocycles. The van der Waals surface area contributed by atoms with Crippen LogP contribution in [0.4, 0.5) is 0 Å². The molecule has 1 aliphatic carbocycles. The largest absolute Gasteiger partial charge is 0.493 e. The van der Waals surface area contributed by atoms with Crippen LogP contribution in [-0.4, -0.2) is 30.7 Å². The van der Waals surface area contributed by atoms with Crippen LogP contribution in [0.1, 0.15) is 64.9 Å². The normalized spacial score (nSPS) is 22.5. The summed E-state index contributed by atoms with van der Waals surface area (Å²) in [6.45, 7) is 12.4. The minimum atomic E-state index is -0.473. The smallest absolute Gasteiger partial charge is 0.336 e. The van der Waals surface area contributed by atoms with Crippen molar-refractivity contribution in [3.8, 4) is 5.75 Å². The second kappa shape index (κ2) is 9.63. The average molecular weight is 424 g/mol. The first-order chi connectivity index (χ1) is 14.8. The number of esters is 1. The van der Waals surface area contributed by atoms with E-state index in [9.17, 15) is 9.59 Å². The fraction of sp³-hybridized carbons (Fsp3) is 0.500. The first-order valence-corrected chi connectivity index (χ1v) is 11.1. The zero-order valence-electron chi connectivity index (χ0n) is 19.1. The first kappa shape index (κ1) is 23.0. The third kappa shape index (κ3) is 4.97. The van der Waals surface area contributed by atoms with E-state index >= 15 is 0 Å². The molecule has 0 N–H and O–H groups in total. The molecule has 0 radical (unpaired) electrons. The van der Waals surface area contributed by atoms with E-state index in [0.717, 1.165) is 30.5 Å². The van der Waals surface area contributed by atoms with Crippen molar-refractivity contribution in [2.24, 2.45) is 16.3 Å². The second-order valence-corrected chi connectivity index (χ2v) is 9.17. The molecule has 1 aliphatic heterocycles. The van der Waals surface area contributed by atoms with Gasteiger partial charge in [0.25, 0.3) is 0 Å². The molecule has 0 aromatic heterocycles. The van der Waals surface area contributed by atoms with Crippen LogP contribution in [0.15, 0.2) is 53.2 Å². The van der Waals surface area contributed by atoms with Crippen LogP contribution in [0.5, 0.6) is 5.75 Å². The Morgan fingerprint density at radius 2 is 2.00 bits per heavy atom. The van der Waals surface area contributed by atoms with Crippen LogP contribution < -0.4 is 4.74 Å². The number of allylic oxidation sites excluding steroid dienone is 1. The minimum Gasteiger partial charge on any atom is -0.493 e. The summed E-state index contributed by atoms with van der Waals surface area (Å²) in [7, 11) is 0. The Kier molecular flexibility index (Phi) is 7.14. The number of carbonyl (C=O) groups excluding carboxylic acids is 2. The Morgan fingerprint density at radius 1 is 1.26 bits per heavy atom. The van der Waals surface area contributed by atoms with Gasteiger partial charge in [0, 0.05) is 29.3 Å². The van der Waals surface area contributed by atoms with Crippen molar-refractivity contribution in [2.45, 2.75) is 59.3 Å². The number of para-hydroxylation sites is 1. The zero-order valence-corrected chi connectivity index (χ0v) is 19.1. The van der Waals surface area contributed by atoms with E-state index in [1.807, 2.05) is 31.2 Å². The van der Waals surface area contributed by atoms with Gasteiger partial charge in [-0.25, -0.2) is 4.79 Å². The van der Waals surface area contributed by atoms with E-state index in [0.29, 0.717) is 30.0 Å². The maximum absolute atomic E-state index is 13.4. The van der Waals surface area contributed by atoms with Gasteiger partial charge in [-0.1, -0.05) is 58.0 Å². The van der Waals surface area contributed by atoms with Crippen molar-refractivity contribution < 1.29 is 19.1 Å². The lowest BCUT2D eigenvalue weighted by Gasteiger charge is -2.41. The molecule has 0 saturated heterocycles. The summed E-state index contributed by atoms with van der Waals surface area (Å²) in [5.74, 6) is -0.567. The molecule has 1 saturated carbocycles. The van der Waals surface area contributed by atoms with Crippen LogP contribution in [0.25, 0.3) is 0 Å². The molecule has 2 atom stereocenters. The topological polar surface area (TPSA) is 65.0 Å². The summed E-state index contributed by atoms with van der Waals surface area (Å²) < 4.78 is 11.5. The number of carbonyl (C=O) groups is 2. The standard InChI is InChI=1S/C26H33NO4/c1-6-8-14-30-21-12-10-9-11-18(21)23-22(25(29)31-13-7-2)17(3)27-19-15-26(4,5)16-20(28)24(19)23/h7,9-12,23-24H,2,6,8,13-16H2,1,3-5H3/t23-,24?/m0/s1. The molecule has 1 aromatic rings. The molecule has 5 nitrogen and oxygen atoms in total. The van der Waals surface area contributed by atoms with Crippen LogP contribution >= 0.6 is 0 Å². The first-order valence-electron chi connectivity index (χ1n) is 11.1. The predicted octanol–water partition coefficient (Wildman–Crippen LogP) is 5.41. The Hall–Kier alpha value is -2.69. The maximum atomic E-state index is 13.4. The maximum Gasteiger partial charge on any atom is 0.336 e. The Morgan fingerprint density at radius 3 is 2.71 bits per heavy atom. The molecule has 0 bridgehead atoms. The third-order valence-electron chi connectivity index (χ3n) is 5.93. The lowest BCUT2D eigenvalue weighted by molar-refractivity contribution is -0.138. The van der Waals surface area contributed by atoms with Gasteiger partial charge in [0.1, 0.15) is 18.1 Å². The Labute approximate surface area is 185 Å². The third-order valence-corrected chi connectivity index (χ3v) is 5.93. The summed E-state index contributed by atoms with van der Waals surface area (Å²) in [4.78, 5) is 31.2. The van der Waals surface area contributed by atoms with Gasteiger partial charge in [0.2, 0.25) is 0 Å². The minimum absolute atomic E-state index is 0.110.